The van der Waals surface area contributed by atoms with Gasteiger partial charge in [-0.15, -0.1) is 0 Å². The third kappa shape index (κ3) is 2.93. The monoisotopic (exact) mass is 276 g/mol. The minimum atomic E-state index is 0.0702. The zero-order chi connectivity index (χ0) is 14.7. The van der Waals surface area contributed by atoms with E-state index in [2.05, 4.69) is 36.1 Å². The van der Waals surface area contributed by atoms with Crippen molar-refractivity contribution in [3.05, 3.63) is 23.9 Å². The average molecular weight is 276 g/mol. The summed E-state index contributed by atoms with van der Waals surface area (Å²) in [4.78, 5) is 21.2. The van der Waals surface area contributed by atoms with E-state index >= 15 is 0 Å². The van der Waals surface area contributed by atoms with Gasteiger partial charge in [0.1, 0.15) is 5.82 Å². The highest BCUT2D eigenvalue weighted by molar-refractivity contribution is 5.98. The lowest BCUT2D eigenvalue weighted by atomic mass is 10.1. The van der Waals surface area contributed by atoms with E-state index < -0.39 is 0 Å². The van der Waals surface area contributed by atoms with E-state index in [0.717, 1.165) is 19.6 Å². The number of pyridine rings is 1. The van der Waals surface area contributed by atoms with Crippen LogP contribution in [0.3, 0.4) is 0 Å². The maximum absolute atomic E-state index is 12.7. The smallest absolute Gasteiger partial charge is 0.257 e. The SMILES string of the molecule is CCNc1ncccc1C(=O)N1CC(C)N(C)C(C)C1. The number of likely N-dealkylation sites (N-methyl/N-ethyl adjacent to an activating group) is 1. The van der Waals surface area contributed by atoms with E-state index in [1.807, 2.05) is 24.0 Å². The molecule has 0 aromatic carbocycles. The van der Waals surface area contributed by atoms with Crippen LogP contribution in [0.5, 0.6) is 0 Å². The van der Waals surface area contributed by atoms with Gasteiger partial charge in [-0.2, -0.15) is 0 Å². The molecule has 20 heavy (non-hydrogen) atoms. The Hall–Kier alpha value is -1.62. The van der Waals surface area contributed by atoms with Crippen molar-refractivity contribution in [3.63, 3.8) is 0 Å². The molecule has 1 aromatic heterocycles. The molecule has 0 radical (unpaired) electrons. The van der Waals surface area contributed by atoms with Gasteiger partial charge in [0.05, 0.1) is 5.56 Å². The highest BCUT2D eigenvalue weighted by Crippen LogP contribution is 2.19. The predicted octanol–water partition coefficient (Wildman–Crippen LogP) is 1.68. The number of aromatic nitrogens is 1. The topological polar surface area (TPSA) is 48.5 Å². The quantitative estimate of drug-likeness (QED) is 0.912. The molecule has 2 unspecified atom stereocenters. The minimum Gasteiger partial charge on any atom is -0.370 e. The Morgan fingerprint density at radius 1 is 1.40 bits per heavy atom. The summed E-state index contributed by atoms with van der Waals surface area (Å²) in [6.07, 6.45) is 1.71. The molecule has 1 amide bonds. The van der Waals surface area contributed by atoms with E-state index in [0.29, 0.717) is 23.5 Å². The molecular weight excluding hydrogens is 252 g/mol. The normalized spacial score (nSPS) is 23.7. The molecule has 2 rings (SSSR count). The number of hydrogen-bond donors (Lipinski definition) is 1. The molecule has 0 bridgehead atoms. The number of hydrogen-bond acceptors (Lipinski definition) is 4. The predicted molar refractivity (Wildman–Crippen MR) is 81.0 cm³/mol. The molecule has 1 saturated heterocycles. The van der Waals surface area contributed by atoms with Gasteiger partial charge in [-0.25, -0.2) is 4.98 Å². The summed E-state index contributed by atoms with van der Waals surface area (Å²) in [5.41, 5.74) is 0.665. The lowest BCUT2D eigenvalue weighted by Gasteiger charge is -2.42. The van der Waals surface area contributed by atoms with Crippen molar-refractivity contribution in [1.29, 1.82) is 0 Å². The fraction of sp³-hybridized carbons (Fsp3) is 0.600. The van der Waals surface area contributed by atoms with Crippen molar-refractivity contribution in [2.75, 3.05) is 32.0 Å². The first-order valence-electron chi connectivity index (χ1n) is 7.24. The van der Waals surface area contributed by atoms with Gasteiger partial charge in [0.15, 0.2) is 0 Å². The number of rotatable bonds is 3. The van der Waals surface area contributed by atoms with Crippen LogP contribution in [-0.2, 0) is 0 Å². The molecule has 0 aliphatic carbocycles. The summed E-state index contributed by atoms with van der Waals surface area (Å²) >= 11 is 0. The number of carbonyl (C=O) groups is 1. The van der Waals surface area contributed by atoms with Gasteiger partial charge in [0.25, 0.3) is 5.91 Å². The van der Waals surface area contributed by atoms with Crippen molar-refractivity contribution in [2.24, 2.45) is 0 Å². The molecule has 5 nitrogen and oxygen atoms in total. The van der Waals surface area contributed by atoms with Crippen LogP contribution in [0.25, 0.3) is 0 Å². The van der Waals surface area contributed by atoms with Crippen molar-refractivity contribution >= 4 is 11.7 Å². The van der Waals surface area contributed by atoms with E-state index in [9.17, 15) is 4.79 Å². The Balaban J connectivity index is 2.19. The standard InChI is InChI=1S/C15H24N4O/c1-5-16-14-13(7-6-8-17-14)15(20)19-9-11(2)18(4)12(3)10-19/h6-8,11-12H,5,9-10H2,1-4H3,(H,16,17). The molecule has 110 valence electrons. The highest BCUT2D eigenvalue weighted by atomic mass is 16.2. The molecule has 5 heteroatoms. The Morgan fingerprint density at radius 3 is 2.65 bits per heavy atom. The summed E-state index contributed by atoms with van der Waals surface area (Å²) in [6, 6.07) is 4.42. The van der Waals surface area contributed by atoms with Crippen LogP contribution >= 0.6 is 0 Å². The third-order valence-electron chi connectivity index (χ3n) is 4.03. The van der Waals surface area contributed by atoms with Gasteiger partial charge in [0, 0.05) is 37.9 Å². The maximum Gasteiger partial charge on any atom is 0.257 e. The molecule has 2 atom stereocenters. The second kappa shape index (κ2) is 6.22. The molecular formula is C15H24N4O. The summed E-state index contributed by atoms with van der Waals surface area (Å²) in [5.74, 6) is 0.750. The number of nitrogens with one attached hydrogen (secondary N) is 1. The van der Waals surface area contributed by atoms with Crippen molar-refractivity contribution < 1.29 is 4.79 Å². The van der Waals surface area contributed by atoms with Crippen molar-refractivity contribution in [3.8, 4) is 0 Å². The van der Waals surface area contributed by atoms with Gasteiger partial charge in [-0.1, -0.05) is 0 Å². The summed E-state index contributed by atoms with van der Waals surface area (Å²) in [7, 11) is 2.12. The van der Waals surface area contributed by atoms with Gasteiger partial charge >= 0.3 is 0 Å². The number of amides is 1. The van der Waals surface area contributed by atoms with Crippen LogP contribution in [0.15, 0.2) is 18.3 Å². The number of piperazine rings is 1. The Kier molecular flexibility index (Phi) is 4.60. The van der Waals surface area contributed by atoms with Crippen LogP contribution < -0.4 is 5.32 Å². The zero-order valence-electron chi connectivity index (χ0n) is 12.8. The molecule has 1 aromatic rings. The maximum atomic E-state index is 12.7. The number of nitrogens with zero attached hydrogens (tertiary/aromatic N) is 3. The third-order valence-corrected chi connectivity index (χ3v) is 4.03. The highest BCUT2D eigenvalue weighted by Gasteiger charge is 2.30. The van der Waals surface area contributed by atoms with E-state index in [4.69, 9.17) is 0 Å². The minimum absolute atomic E-state index is 0.0702. The summed E-state index contributed by atoms with van der Waals surface area (Å²) < 4.78 is 0. The number of anilines is 1. The molecule has 1 aliphatic heterocycles. The Bertz CT molecular complexity index is 465. The van der Waals surface area contributed by atoms with Crippen LogP contribution in [0.4, 0.5) is 5.82 Å². The van der Waals surface area contributed by atoms with Gasteiger partial charge in [0.2, 0.25) is 0 Å². The van der Waals surface area contributed by atoms with Crippen molar-refractivity contribution in [2.45, 2.75) is 32.9 Å². The average Bonchev–Trinajstić information content (AvgIpc) is 2.44. The van der Waals surface area contributed by atoms with Crippen molar-refractivity contribution in [1.82, 2.24) is 14.8 Å². The van der Waals surface area contributed by atoms with Crippen LogP contribution in [0.1, 0.15) is 31.1 Å². The molecule has 1 N–H and O–H groups in total. The first kappa shape index (κ1) is 14.8. The van der Waals surface area contributed by atoms with E-state index in [1.165, 1.54) is 0 Å². The molecule has 2 heterocycles. The lowest BCUT2D eigenvalue weighted by Crippen LogP contribution is -2.56. The first-order chi connectivity index (χ1) is 9.54. The summed E-state index contributed by atoms with van der Waals surface area (Å²) in [5, 5.41) is 3.16. The van der Waals surface area contributed by atoms with Crippen LogP contribution in [0.2, 0.25) is 0 Å². The second-order valence-corrected chi connectivity index (χ2v) is 5.50. The van der Waals surface area contributed by atoms with Gasteiger partial charge in [-0.3, -0.25) is 9.69 Å². The zero-order valence-corrected chi connectivity index (χ0v) is 12.8. The van der Waals surface area contributed by atoms with Gasteiger partial charge < -0.3 is 10.2 Å². The lowest BCUT2D eigenvalue weighted by molar-refractivity contribution is 0.0415. The Morgan fingerprint density at radius 2 is 2.05 bits per heavy atom. The van der Waals surface area contributed by atoms with Gasteiger partial charge in [-0.05, 0) is 40.0 Å². The fourth-order valence-electron chi connectivity index (χ4n) is 2.63. The summed E-state index contributed by atoms with van der Waals surface area (Å²) in [6.45, 7) is 8.60. The second-order valence-electron chi connectivity index (χ2n) is 5.50. The van der Waals surface area contributed by atoms with E-state index in [1.54, 1.807) is 6.20 Å². The first-order valence-corrected chi connectivity index (χ1v) is 7.24. The number of carbonyl (C=O) groups excluding carboxylic acids is 1. The van der Waals surface area contributed by atoms with Crippen LogP contribution in [-0.4, -0.2) is 59.5 Å². The van der Waals surface area contributed by atoms with Crippen LogP contribution in [0, 0.1) is 0 Å². The molecule has 1 fully saturated rings. The Labute approximate surface area is 121 Å². The fourth-order valence-corrected chi connectivity index (χ4v) is 2.63. The molecule has 1 aliphatic rings. The van der Waals surface area contributed by atoms with E-state index in [-0.39, 0.29) is 5.91 Å². The molecule has 0 spiro atoms. The molecule has 0 saturated carbocycles. The largest absolute Gasteiger partial charge is 0.370 e.